The van der Waals surface area contributed by atoms with E-state index in [-0.39, 0.29) is 11.8 Å². The van der Waals surface area contributed by atoms with Crippen LogP contribution in [-0.4, -0.2) is 5.91 Å². The van der Waals surface area contributed by atoms with E-state index in [1.165, 1.54) is 16.7 Å². The fourth-order valence-corrected chi connectivity index (χ4v) is 2.67. The molecule has 1 heterocycles. The first kappa shape index (κ1) is 11.0. The summed E-state index contributed by atoms with van der Waals surface area (Å²) in [7, 11) is 0. The van der Waals surface area contributed by atoms with Gasteiger partial charge in [-0.1, -0.05) is 42.5 Å². The largest absolute Gasteiger partial charge is 0.326 e. The van der Waals surface area contributed by atoms with Gasteiger partial charge in [-0.3, -0.25) is 4.79 Å². The lowest BCUT2D eigenvalue weighted by Crippen LogP contribution is -2.23. The number of para-hydroxylation sites is 1. The Bertz CT molecular complexity index is 604. The quantitative estimate of drug-likeness (QED) is 0.808. The van der Waals surface area contributed by atoms with Crippen molar-refractivity contribution in [1.82, 2.24) is 0 Å². The second-order valence-electron chi connectivity index (χ2n) is 4.75. The highest BCUT2D eigenvalue weighted by Crippen LogP contribution is 2.37. The fraction of sp³-hybridized carbons (Fsp3) is 0.188. The van der Waals surface area contributed by atoms with Gasteiger partial charge in [0, 0.05) is 18.0 Å². The van der Waals surface area contributed by atoms with Crippen LogP contribution in [0.15, 0.2) is 48.5 Å². The molecular formula is C16H15NO. The van der Waals surface area contributed by atoms with E-state index in [4.69, 9.17) is 0 Å². The molecule has 2 aromatic carbocycles. The first-order valence-electron chi connectivity index (χ1n) is 6.20. The summed E-state index contributed by atoms with van der Waals surface area (Å²) in [6.07, 6.45) is 0.530. The van der Waals surface area contributed by atoms with E-state index < -0.39 is 0 Å². The van der Waals surface area contributed by atoms with Crippen LogP contribution < -0.4 is 5.32 Å². The van der Waals surface area contributed by atoms with Crippen LogP contribution in [0.3, 0.4) is 0 Å². The number of rotatable bonds is 1. The minimum atomic E-state index is 0.0990. The van der Waals surface area contributed by atoms with Crippen LogP contribution in [-0.2, 0) is 4.79 Å². The summed E-state index contributed by atoms with van der Waals surface area (Å²) >= 11 is 0. The van der Waals surface area contributed by atoms with Crippen LogP contribution in [0, 0.1) is 6.92 Å². The van der Waals surface area contributed by atoms with Gasteiger partial charge in [-0.15, -0.1) is 0 Å². The van der Waals surface area contributed by atoms with Gasteiger partial charge in [-0.05, 0) is 29.7 Å². The van der Waals surface area contributed by atoms with Crippen molar-refractivity contribution >= 4 is 11.6 Å². The number of carbonyl (C=O) groups excluding carboxylic acids is 1. The maximum atomic E-state index is 11.8. The summed E-state index contributed by atoms with van der Waals surface area (Å²) in [6, 6.07) is 16.4. The van der Waals surface area contributed by atoms with E-state index in [1.807, 2.05) is 30.3 Å². The van der Waals surface area contributed by atoms with Crippen LogP contribution in [0.1, 0.15) is 29.0 Å². The first-order valence-corrected chi connectivity index (χ1v) is 6.20. The van der Waals surface area contributed by atoms with E-state index in [0.29, 0.717) is 6.42 Å². The predicted molar refractivity (Wildman–Crippen MR) is 72.7 cm³/mol. The highest BCUT2D eigenvalue weighted by molar-refractivity contribution is 5.95. The molecular weight excluding hydrogens is 222 g/mol. The van der Waals surface area contributed by atoms with Crippen molar-refractivity contribution in [2.75, 3.05) is 5.32 Å². The summed E-state index contributed by atoms with van der Waals surface area (Å²) in [6.45, 7) is 2.10. The zero-order valence-corrected chi connectivity index (χ0v) is 10.3. The van der Waals surface area contributed by atoms with Gasteiger partial charge in [0.05, 0.1) is 0 Å². The van der Waals surface area contributed by atoms with Crippen LogP contribution in [0.2, 0.25) is 0 Å². The average Bonchev–Trinajstić information content (AvgIpc) is 2.38. The smallest absolute Gasteiger partial charge is 0.225 e. The van der Waals surface area contributed by atoms with Gasteiger partial charge in [0.25, 0.3) is 0 Å². The maximum absolute atomic E-state index is 11.8. The molecule has 3 rings (SSSR count). The highest BCUT2D eigenvalue weighted by atomic mass is 16.1. The van der Waals surface area contributed by atoms with Crippen molar-refractivity contribution in [2.45, 2.75) is 19.3 Å². The normalized spacial score (nSPS) is 18.1. The number of amides is 1. The number of benzene rings is 2. The Kier molecular flexibility index (Phi) is 2.63. The summed E-state index contributed by atoms with van der Waals surface area (Å²) in [5.74, 6) is 0.276. The molecule has 18 heavy (non-hydrogen) atoms. The summed E-state index contributed by atoms with van der Waals surface area (Å²) in [4.78, 5) is 11.8. The molecule has 1 N–H and O–H groups in total. The van der Waals surface area contributed by atoms with Crippen molar-refractivity contribution in [3.05, 3.63) is 65.2 Å². The number of hydrogen-bond donors (Lipinski definition) is 1. The Morgan fingerprint density at radius 1 is 1.00 bits per heavy atom. The number of aryl methyl sites for hydroxylation is 1. The summed E-state index contributed by atoms with van der Waals surface area (Å²) in [5, 5.41) is 2.94. The van der Waals surface area contributed by atoms with E-state index in [1.54, 1.807) is 0 Å². The third-order valence-electron chi connectivity index (χ3n) is 3.56. The van der Waals surface area contributed by atoms with Gasteiger partial charge in [0.2, 0.25) is 5.91 Å². The van der Waals surface area contributed by atoms with Gasteiger partial charge in [0.15, 0.2) is 0 Å². The minimum Gasteiger partial charge on any atom is -0.326 e. The molecule has 1 unspecified atom stereocenters. The van der Waals surface area contributed by atoms with Crippen LogP contribution in [0.5, 0.6) is 0 Å². The molecule has 2 nitrogen and oxygen atoms in total. The molecule has 1 aliphatic rings. The molecule has 1 atom stereocenters. The van der Waals surface area contributed by atoms with E-state index in [0.717, 1.165) is 5.69 Å². The monoisotopic (exact) mass is 237 g/mol. The molecule has 2 heteroatoms. The molecule has 0 radical (unpaired) electrons. The fourth-order valence-electron chi connectivity index (χ4n) is 2.67. The summed E-state index contributed by atoms with van der Waals surface area (Å²) < 4.78 is 0. The Labute approximate surface area is 107 Å². The Balaban J connectivity index is 2.13. The molecule has 0 bridgehead atoms. The standard InChI is InChI=1S/C16H15NO/c1-11-6-2-3-7-12(11)14-10-16(18)17-15-9-5-4-8-13(14)15/h2-9,14H,10H2,1H3,(H,17,18). The zero-order chi connectivity index (χ0) is 12.5. The third-order valence-corrected chi connectivity index (χ3v) is 3.56. The lowest BCUT2D eigenvalue weighted by Gasteiger charge is -2.26. The van der Waals surface area contributed by atoms with E-state index in [2.05, 4.69) is 30.4 Å². The topological polar surface area (TPSA) is 29.1 Å². The maximum Gasteiger partial charge on any atom is 0.225 e. The second kappa shape index (κ2) is 4.30. The van der Waals surface area contributed by atoms with Gasteiger partial charge in [-0.2, -0.15) is 0 Å². The molecule has 0 fully saturated rings. The Hall–Kier alpha value is -2.09. The minimum absolute atomic E-state index is 0.0990. The second-order valence-corrected chi connectivity index (χ2v) is 4.75. The Morgan fingerprint density at radius 2 is 1.67 bits per heavy atom. The SMILES string of the molecule is Cc1ccccc1C1CC(=O)Nc2ccccc21. The van der Waals surface area contributed by atoms with Crippen molar-refractivity contribution in [3.8, 4) is 0 Å². The number of anilines is 1. The van der Waals surface area contributed by atoms with Crippen molar-refractivity contribution in [2.24, 2.45) is 0 Å². The van der Waals surface area contributed by atoms with Crippen molar-refractivity contribution in [1.29, 1.82) is 0 Å². The predicted octanol–water partition coefficient (Wildman–Crippen LogP) is 3.47. The Morgan fingerprint density at radius 3 is 2.44 bits per heavy atom. The number of fused-ring (bicyclic) bond motifs is 1. The van der Waals surface area contributed by atoms with E-state index >= 15 is 0 Å². The number of nitrogens with one attached hydrogen (secondary N) is 1. The molecule has 1 amide bonds. The van der Waals surface area contributed by atoms with Gasteiger partial charge in [0.1, 0.15) is 0 Å². The molecule has 1 aliphatic heterocycles. The van der Waals surface area contributed by atoms with Gasteiger partial charge >= 0.3 is 0 Å². The van der Waals surface area contributed by atoms with Crippen LogP contribution in [0.25, 0.3) is 0 Å². The number of carbonyl (C=O) groups is 1. The lowest BCUT2D eigenvalue weighted by molar-refractivity contribution is -0.116. The lowest BCUT2D eigenvalue weighted by atomic mass is 9.83. The molecule has 90 valence electrons. The highest BCUT2D eigenvalue weighted by Gasteiger charge is 2.26. The van der Waals surface area contributed by atoms with Gasteiger partial charge in [-0.25, -0.2) is 0 Å². The molecule has 0 spiro atoms. The number of hydrogen-bond acceptors (Lipinski definition) is 1. The molecule has 0 saturated heterocycles. The molecule has 0 saturated carbocycles. The molecule has 2 aromatic rings. The molecule has 0 aromatic heterocycles. The van der Waals surface area contributed by atoms with Crippen LogP contribution in [0.4, 0.5) is 5.69 Å². The molecule has 0 aliphatic carbocycles. The van der Waals surface area contributed by atoms with Crippen LogP contribution >= 0.6 is 0 Å². The first-order chi connectivity index (χ1) is 8.75. The van der Waals surface area contributed by atoms with Gasteiger partial charge < -0.3 is 5.32 Å². The summed E-state index contributed by atoms with van der Waals surface area (Å²) in [5.41, 5.74) is 4.65. The average molecular weight is 237 g/mol. The van der Waals surface area contributed by atoms with Crippen molar-refractivity contribution in [3.63, 3.8) is 0 Å². The third kappa shape index (κ3) is 1.80. The van der Waals surface area contributed by atoms with Crippen molar-refractivity contribution < 1.29 is 4.79 Å². The van der Waals surface area contributed by atoms with E-state index in [9.17, 15) is 4.79 Å². The zero-order valence-electron chi connectivity index (χ0n) is 10.3.